The maximum Gasteiger partial charge on any atom is 0.363 e. The first-order chi connectivity index (χ1) is 17.0. The number of hydrogen-bond acceptors (Lipinski definition) is 8. The number of anilines is 1. The third kappa shape index (κ3) is 5.88. The van der Waals surface area contributed by atoms with Crippen molar-refractivity contribution in [3.05, 3.63) is 82.9 Å². The zero-order chi connectivity index (χ0) is 24.6. The predicted molar refractivity (Wildman–Crippen MR) is 126 cm³/mol. The van der Waals surface area contributed by atoms with Gasteiger partial charge in [0.25, 0.3) is 0 Å². The van der Waals surface area contributed by atoms with Crippen molar-refractivity contribution in [2.45, 2.75) is 39.3 Å². The number of carbonyl (C=O) groups excluding carboxylic acids is 1. The minimum Gasteiger partial charge on any atom is -0.478 e. The van der Waals surface area contributed by atoms with Gasteiger partial charge >= 0.3 is 17.9 Å². The lowest BCUT2D eigenvalue weighted by Gasteiger charge is -2.15. The summed E-state index contributed by atoms with van der Waals surface area (Å²) in [4.78, 5) is 28.4. The molecule has 0 saturated heterocycles. The first-order valence-corrected chi connectivity index (χ1v) is 11.2. The van der Waals surface area contributed by atoms with Crippen LogP contribution in [0.15, 0.2) is 54.7 Å². The number of carboxylic acids is 1. The zero-order valence-corrected chi connectivity index (χ0v) is 19.1. The van der Waals surface area contributed by atoms with Crippen molar-refractivity contribution in [1.82, 2.24) is 30.2 Å². The molecule has 4 aromatic rings. The van der Waals surface area contributed by atoms with Gasteiger partial charge in [0.05, 0.1) is 29.6 Å². The van der Waals surface area contributed by atoms with Crippen molar-refractivity contribution in [2.75, 3.05) is 5.32 Å². The van der Waals surface area contributed by atoms with Crippen molar-refractivity contribution in [3.63, 3.8) is 0 Å². The second-order valence-corrected chi connectivity index (χ2v) is 7.84. The molecule has 0 spiro atoms. The fraction of sp³-hybridized carbons (Fsp3) is 0.250. The van der Waals surface area contributed by atoms with E-state index in [4.69, 9.17) is 9.84 Å². The van der Waals surface area contributed by atoms with Gasteiger partial charge in [0, 0.05) is 18.7 Å². The van der Waals surface area contributed by atoms with Crippen LogP contribution in [0.25, 0.3) is 0 Å². The van der Waals surface area contributed by atoms with Gasteiger partial charge in [-0.05, 0) is 41.5 Å². The molecule has 0 bridgehead atoms. The number of nitrogens with zero attached hydrogens (tertiary/aromatic N) is 5. The molecule has 0 saturated carbocycles. The number of ether oxygens (including phenoxy) is 1. The summed E-state index contributed by atoms with van der Waals surface area (Å²) >= 11 is 0. The molecule has 0 aliphatic heterocycles. The summed E-state index contributed by atoms with van der Waals surface area (Å²) in [5.41, 5.74) is 3.07. The van der Waals surface area contributed by atoms with E-state index in [0.29, 0.717) is 24.3 Å². The van der Waals surface area contributed by atoms with Crippen LogP contribution >= 0.6 is 0 Å². The molecule has 0 radical (unpaired) electrons. The number of para-hydroxylation sites is 1. The highest BCUT2D eigenvalue weighted by molar-refractivity contribution is 5.96. The van der Waals surface area contributed by atoms with Gasteiger partial charge in [0.15, 0.2) is 0 Å². The van der Waals surface area contributed by atoms with Crippen LogP contribution < -0.4 is 10.1 Å². The standard InChI is InChI=1S/C24H25N7O4/c1-2-3-8-21-26-14-18(31(21)15-16-9-11-17(12-10-16)22(32)33)13-25-20-7-5-4-6-19(20)23(34)35-24-27-29-30-28-24/h4-7,9-12,14,25H,2-3,8,13,15H2,1H3,(H,32,33)(H,27,28,29,30). The smallest absolute Gasteiger partial charge is 0.363 e. The van der Waals surface area contributed by atoms with E-state index in [1.165, 1.54) is 0 Å². The molecular weight excluding hydrogens is 450 g/mol. The number of hydrogen-bond donors (Lipinski definition) is 3. The van der Waals surface area contributed by atoms with E-state index in [0.717, 1.165) is 36.3 Å². The Labute approximate surface area is 201 Å². The van der Waals surface area contributed by atoms with E-state index >= 15 is 0 Å². The molecular formula is C24H25N7O4. The molecule has 180 valence electrons. The molecule has 4 rings (SSSR count). The molecule has 35 heavy (non-hydrogen) atoms. The number of carboxylic acid groups (broad SMARTS) is 1. The second kappa shape index (κ2) is 11.1. The van der Waals surface area contributed by atoms with Gasteiger partial charge in [-0.15, -0.1) is 0 Å². The predicted octanol–water partition coefficient (Wildman–Crippen LogP) is 3.32. The van der Waals surface area contributed by atoms with E-state index < -0.39 is 11.9 Å². The summed E-state index contributed by atoms with van der Waals surface area (Å²) in [7, 11) is 0. The maximum atomic E-state index is 12.6. The Balaban J connectivity index is 1.53. The van der Waals surface area contributed by atoms with Crippen molar-refractivity contribution < 1.29 is 19.4 Å². The van der Waals surface area contributed by atoms with Crippen LogP contribution in [0, 0.1) is 0 Å². The Morgan fingerprint density at radius 1 is 1.14 bits per heavy atom. The number of carbonyl (C=O) groups is 2. The molecule has 0 fully saturated rings. The highest BCUT2D eigenvalue weighted by Gasteiger charge is 2.17. The van der Waals surface area contributed by atoms with E-state index in [2.05, 4.69) is 42.4 Å². The number of esters is 1. The molecule has 2 aromatic carbocycles. The van der Waals surface area contributed by atoms with Gasteiger partial charge in [-0.1, -0.05) is 47.8 Å². The van der Waals surface area contributed by atoms with Crippen molar-refractivity contribution in [1.29, 1.82) is 0 Å². The summed E-state index contributed by atoms with van der Waals surface area (Å²) in [5, 5.41) is 25.4. The minimum atomic E-state index is -0.954. The number of aromatic carboxylic acids is 1. The summed E-state index contributed by atoms with van der Waals surface area (Å²) in [6, 6.07) is 13.7. The van der Waals surface area contributed by atoms with Gasteiger partial charge in [-0.25, -0.2) is 14.6 Å². The van der Waals surface area contributed by atoms with Crippen LogP contribution in [-0.2, 0) is 19.5 Å². The lowest BCUT2D eigenvalue weighted by Crippen LogP contribution is -2.15. The number of aromatic nitrogens is 6. The number of aromatic amines is 1. The Morgan fingerprint density at radius 3 is 2.66 bits per heavy atom. The third-order valence-corrected chi connectivity index (χ3v) is 5.43. The fourth-order valence-electron chi connectivity index (χ4n) is 3.59. The monoisotopic (exact) mass is 475 g/mol. The number of nitrogens with one attached hydrogen (secondary N) is 2. The van der Waals surface area contributed by atoms with Crippen molar-refractivity contribution >= 4 is 17.6 Å². The number of aryl methyl sites for hydroxylation is 1. The fourth-order valence-corrected chi connectivity index (χ4v) is 3.59. The number of tetrazole rings is 1. The molecule has 0 atom stereocenters. The quantitative estimate of drug-likeness (QED) is 0.278. The van der Waals surface area contributed by atoms with Crippen LogP contribution in [0.3, 0.4) is 0 Å². The average Bonchev–Trinajstić information content (AvgIpc) is 3.52. The number of unbranched alkanes of at least 4 members (excludes halogenated alkanes) is 1. The second-order valence-electron chi connectivity index (χ2n) is 7.84. The van der Waals surface area contributed by atoms with Gasteiger partial charge in [0.2, 0.25) is 0 Å². The Morgan fingerprint density at radius 2 is 1.94 bits per heavy atom. The number of imidazole rings is 1. The summed E-state index contributed by atoms with van der Waals surface area (Å²) < 4.78 is 7.28. The highest BCUT2D eigenvalue weighted by atomic mass is 16.6. The molecule has 11 nitrogen and oxygen atoms in total. The topological polar surface area (TPSA) is 148 Å². The minimum absolute atomic E-state index is 0.155. The summed E-state index contributed by atoms with van der Waals surface area (Å²) in [5.74, 6) is -0.606. The normalized spacial score (nSPS) is 10.8. The number of rotatable bonds is 11. The van der Waals surface area contributed by atoms with Crippen LogP contribution in [-0.4, -0.2) is 47.2 Å². The Hall–Kier alpha value is -4.54. The lowest BCUT2D eigenvalue weighted by molar-refractivity contribution is 0.0693. The van der Waals surface area contributed by atoms with E-state index in [1.807, 2.05) is 24.4 Å². The SMILES string of the molecule is CCCCc1ncc(CNc2ccccc2C(=O)Oc2nn[nH]n2)n1Cc1ccc(C(=O)O)cc1. The molecule has 11 heteroatoms. The van der Waals surface area contributed by atoms with Crippen LogP contribution in [0.2, 0.25) is 0 Å². The molecule has 0 amide bonds. The highest BCUT2D eigenvalue weighted by Crippen LogP contribution is 2.20. The third-order valence-electron chi connectivity index (χ3n) is 5.43. The van der Waals surface area contributed by atoms with Gasteiger partial charge < -0.3 is 19.7 Å². The largest absolute Gasteiger partial charge is 0.478 e. The van der Waals surface area contributed by atoms with E-state index in [-0.39, 0.29) is 11.6 Å². The number of H-pyrrole nitrogens is 1. The first kappa shape index (κ1) is 23.6. The zero-order valence-electron chi connectivity index (χ0n) is 19.1. The molecule has 0 aliphatic carbocycles. The Kier molecular flexibility index (Phi) is 7.46. The van der Waals surface area contributed by atoms with E-state index in [9.17, 15) is 9.59 Å². The van der Waals surface area contributed by atoms with Gasteiger partial charge in [0.1, 0.15) is 5.82 Å². The first-order valence-electron chi connectivity index (χ1n) is 11.2. The molecule has 2 heterocycles. The molecule has 0 aliphatic rings. The van der Waals surface area contributed by atoms with Gasteiger partial charge in [-0.2, -0.15) is 5.21 Å². The van der Waals surface area contributed by atoms with Crippen molar-refractivity contribution in [3.8, 4) is 6.01 Å². The molecule has 0 unspecified atom stereocenters. The Bertz CT molecular complexity index is 1280. The van der Waals surface area contributed by atoms with Crippen LogP contribution in [0.1, 0.15) is 57.6 Å². The summed E-state index contributed by atoms with van der Waals surface area (Å²) in [6.45, 7) is 3.10. The van der Waals surface area contributed by atoms with Crippen molar-refractivity contribution in [2.24, 2.45) is 0 Å². The summed E-state index contributed by atoms with van der Waals surface area (Å²) in [6.07, 6.45) is 4.71. The van der Waals surface area contributed by atoms with Crippen LogP contribution in [0.5, 0.6) is 6.01 Å². The lowest BCUT2D eigenvalue weighted by atomic mass is 10.1. The molecule has 3 N–H and O–H groups in total. The van der Waals surface area contributed by atoms with Gasteiger partial charge in [-0.3, -0.25) is 0 Å². The maximum absolute atomic E-state index is 12.6. The number of benzene rings is 2. The van der Waals surface area contributed by atoms with Crippen LogP contribution in [0.4, 0.5) is 5.69 Å². The van der Waals surface area contributed by atoms with E-state index in [1.54, 1.807) is 30.3 Å². The average molecular weight is 476 g/mol. The molecule has 2 aromatic heterocycles.